The van der Waals surface area contributed by atoms with Crippen molar-refractivity contribution in [3.8, 4) is 0 Å². The molecular weight excluding hydrogens is 366 g/mol. The Kier molecular flexibility index (Phi) is 6.35. The van der Waals surface area contributed by atoms with Crippen molar-refractivity contribution in [3.63, 3.8) is 0 Å². The fraction of sp³-hybridized carbons (Fsp3) is 0.250. The van der Waals surface area contributed by atoms with Gasteiger partial charge >= 0.3 is 0 Å². The molecule has 0 aliphatic heterocycles. The second kappa shape index (κ2) is 8.28. The van der Waals surface area contributed by atoms with Crippen molar-refractivity contribution in [2.45, 2.75) is 18.2 Å². The van der Waals surface area contributed by atoms with E-state index < -0.39 is 21.5 Å². The topological polar surface area (TPSA) is 108 Å². The molecule has 9 heteroatoms. The highest BCUT2D eigenvalue weighted by molar-refractivity contribution is 7.89. The lowest BCUT2D eigenvalue weighted by Gasteiger charge is -2.08. The van der Waals surface area contributed by atoms with Crippen LogP contribution in [0.1, 0.15) is 22.3 Å². The van der Waals surface area contributed by atoms with Gasteiger partial charge in [0, 0.05) is 19.3 Å². The van der Waals surface area contributed by atoms with Crippen LogP contribution < -0.4 is 15.6 Å². The molecule has 2 rings (SSSR count). The van der Waals surface area contributed by atoms with Crippen LogP contribution in [0.2, 0.25) is 5.02 Å². The molecule has 3 N–H and O–H groups in total. The minimum Gasteiger partial charge on any atom is -0.352 e. The van der Waals surface area contributed by atoms with Crippen molar-refractivity contribution in [1.29, 1.82) is 0 Å². The quantitative estimate of drug-likeness (QED) is 0.628. The van der Waals surface area contributed by atoms with E-state index in [0.29, 0.717) is 6.42 Å². The first kappa shape index (κ1) is 19.2. The molecule has 7 nitrogen and oxygen atoms in total. The van der Waals surface area contributed by atoms with E-state index in [9.17, 15) is 18.0 Å². The number of rotatable bonds is 7. The fourth-order valence-electron chi connectivity index (χ4n) is 1.99. The number of amides is 1. The normalized spacial score (nSPS) is 11.3. The van der Waals surface area contributed by atoms with Crippen molar-refractivity contribution in [3.05, 3.63) is 63.0 Å². The number of carbonyl (C=O) groups excluding carboxylic acids is 1. The van der Waals surface area contributed by atoms with Crippen LogP contribution in [0.25, 0.3) is 0 Å². The van der Waals surface area contributed by atoms with Gasteiger partial charge in [-0.25, -0.2) is 13.1 Å². The lowest BCUT2D eigenvalue weighted by atomic mass is 10.2. The number of hydrogen-bond acceptors (Lipinski definition) is 4. The van der Waals surface area contributed by atoms with Crippen molar-refractivity contribution >= 4 is 27.5 Å². The third kappa shape index (κ3) is 5.42. The number of aromatic amines is 1. The van der Waals surface area contributed by atoms with Gasteiger partial charge in [-0.1, -0.05) is 29.3 Å². The number of pyridine rings is 1. The molecule has 0 saturated carbocycles. The second-order valence-electron chi connectivity index (χ2n) is 5.39. The van der Waals surface area contributed by atoms with Gasteiger partial charge in [0.05, 0.1) is 10.5 Å². The van der Waals surface area contributed by atoms with Gasteiger partial charge in [0.2, 0.25) is 10.0 Å². The van der Waals surface area contributed by atoms with Crippen molar-refractivity contribution in [2.24, 2.45) is 0 Å². The molecule has 0 bridgehead atoms. The van der Waals surface area contributed by atoms with Gasteiger partial charge in [0.25, 0.3) is 11.5 Å². The third-order valence-corrected chi connectivity index (χ3v) is 5.14. The number of halogens is 1. The SMILES string of the molecule is Cc1ccc(S(=O)(=O)NCCCNC(=O)c2c[nH]c(=O)c(Cl)c2)cc1. The molecule has 1 aromatic carbocycles. The van der Waals surface area contributed by atoms with Crippen LogP contribution >= 0.6 is 11.6 Å². The van der Waals surface area contributed by atoms with E-state index >= 15 is 0 Å². The highest BCUT2D eigenvalue weighted by Gasteiger charge is 2.13. The molecule has 25 heavy (non-hydrogen) atoms. The third-order valence-electron chi connectivity index (χ3n) is 3.38. The zero-order valence-electron chi connectivity index (χ0n) is 13.5. The largest absolute Gasteiger partial charge is 0.352 e. The Labute approximate surface area is 150 Å². The molecular formula is C16H18ClN3O4S. The van der Waals surface area contributed by atoms with Gasteiger partial charge in [-0.05, 0) is 31.5 Å². The van der Waals surface area contributed by atoms with E-state index in [1.54, 1.807) is 24.3 Å². The van der Waals surface area contributed by atoms with Crippen LogP contribution in [-0.4, -0.2) is 32.4 Å². The zero-order valence-corrected chi connectivity index (χ0v) is 15.1. The summed E-state index contributed by atoms with van der Waals surface area (Å²) < 4.78 is 26.6. The van der Waals surface area contributed by atoms with E-state index in [4.69, 9.17) is 11.6 Å². The Morgan fingerprint density at radius 3 is 2.52 bits per heavy atom. The maximum atomic E-state index is 12.1. The first-order chi connectivity index (χ1) is 11.8. The summed E-state index contributed by atoms with van der Waals surface area (Å²) in [6.45, 7) is 2.33. The molecule has 0 aliphatic carbocycles. The van der Waals surface area contributed by atoms with Crippen molar-refractivity contribution < 1.29 is 13.2 Å². The molecule has 2 aromatic rings. The minimum absolute atomic E-state index is 0.0708. The molecule has 0 atom stereocenters. The number of sulfonamides is 1. The smallest absolute Gasteiger partial charge is 0.266 e. The summed E-state index contributed by atoms with van der Waals surface area (Å²) in [5.74, 6) is -0.403. The van der Waals surface area contributed by atoms with Crippen LogP contribution in [0.3, 0.4) is 0 Å². The van der Waals surface area contributed by atoms with Crippen LogP contribution in [-0.2, 0) is 10.0 Å². The Morgan fingerprint density at radius 2 is 1.88 bits per heavy atom. The molecule has 0 unspecified atom stereocenters. The average Bonchev–Trinajstić information content (AvgIpc) is 2.57. The number of hydrogen-bond donors (Lipinski definition) is 3. The second-order valence-corrected chi connectivity index (χ2v) is 7.56. The lowest BCUT2D eigenvalue weighted by Crippen LogP contribution is -2.30. The molecule has 1 amide bonds. The number of aryl methyl sites for hydroxylation is 1. The maximum absolute atomic E-state index is 12.1. The van der Waals surface area contributed by atoms with Gasteiger partial charge in [0.15, 0.2) is 0 Å². The predicted octanol–water partition coefficient (Wildman–Crippen LogP) is 1.44. The van der Waals surface area contributed by atoms with E-state index in [2.05, 4.69) is 15.0 Å². The molecule has 1 heterocycles. The summed E-state index contributed by atoms with van der Waals surface area (Å²) in [4.78, 5) is 25.6. The molecule has 0 fully saturated rings. The summed E-state index contributed by atoms with van der Waals surface area (Å²) in [7, 11) is -3.56. The average molecular weight is 384 g/mol. The summed E-state index contributed by atoms with van der Waals surface area (Å²) in [5.41, 5.74) is 0.734. The van der Waals surface area contributed by atoms with E-state index in [1.807, 2.05) is 6.92 Å². The fourth-order valence-corrected chi connectivity index (χ4v) is 3.23. The Hall–Kier alpha value is -2.16. The standard InChI is InChI=1S/C16H18ClN3O4S/c1-11-3-5-13(6-4-11)25(23,24)20-8-2-7-18-15(21)12-9-14(17)16(22)19-10-12/h3-6,9-10,20H,2,7-8H2,1H3,(H,18,21)(H,19,22). The maximum Gasteiger partial charge on any atom is 0.266 e. The molecule has 1 aromatic heterocycles. The van der Waals surface area contributed by atoms with E-state index in [-0.39, 0.29) is 28.6 Å². The number of nitrogens with one attached hydrogen (secondary N) is 3. The molecule has 0 radical (unpaired) electrons. The number of H-pyrrole nitrogens is 1. The molecule has 0 aliphatic rings. The van der Waals surface area contributed by atoms with Crippen molar-refractivity contribution in [1.82, 2.24) is 15.0 Å². The predicted molar refractivity (Wildman–Crippen MR) is 95.4 cm³/mol. The van der Waals surface area contributed by atoms with Crippen molar-refractivity contribution in [2.75, 3.05) is 13.1 Å². The van der Waals surface area contributed by atoms with Gasteiger partial charge in [0.1, 0.15) is 5.02 Å². The van der Waals surface area contributed by atoms with E-state index in [0.717, 1.165) is 5.56 Å². The number of aromatic nitrogens is 1. The molecule has 134 valence electrons. The van der Waals surface area contributed by atoms with Gasteiger partial charge in [-0.15, -0.1) is 0 Å². The lowest BCUT2D eigenvalue weighted by molar-refractivity contribution is 0.0953. The first-order valence-electron chi connectivity index (χ1n) is 7.52. The minimum atomic E-state index is -3.56. The van der Waals surface area contributed by atoms with Gasteiger partial charge in [-0.2, -0.15) is 0 Å². The number of benzene rings is 1. The summed E-state index contributed by atoms with van der Waals surface area (Å²) in [5, 5.41) is 2.55. The highest BCUT2D eigenvalue weighted by Crippen LogP contribution is 2.09. The zero-order chi connectivity index (χ0) is 18.4. The van der Waals surface area contributed by atoms with Gasteiger partial charge < -0.3 is 10.3 Å². The summed E-state index contributed by atoms with van der Waals surface area (Å²) >= 11 is 5.66. The van der Waals surface area contributed by atoms with Crippen LogP contribution in [0.4, 0.5) is 0 Å². The van der Waals surface area contributed by atoms with E-state index in [1.165, 1.54) is 12.3 Å². The Balaban J connectivity index is 1.79. The highest BCUT2D eigenvalue weighted by atomic mass is 35.5. The first-order valence-corrected chi connectivity index (χ1v) is 9.38. The Morgan fingerprint density at radius 1 is 1.20 bits per heavy atom. The van der Waals surface area contributed by atoms with Crippen LogP contribution in [0, 0.1) is 6.92 Å². The molecule has 0 saturated heterocycles. The van der Waals surface area contributed by atoms with Crippen LogP contribution in [0.15, 0.2) is 46.2 Å². The summed E-state index contributed by atoms with van der Waals surface area (Å²) in [6, 6.07) is 7.81. The monoisotopic (exact) mass is 383 g/mol. The van der Waals surface area contributed by atoms with Gasteiger partial charge in [-0.3, -0.25) is 9.59 Å². The molecule has 0 spiro atoms. The number of carbonyl (C=O) groups is 1. The van der Waals surface area contributed by atoms with Crippen LogP contribution in [0.5, 0.6) is 0 Å². The Bertz CT molecular complexity index is 908. The summed E-state index contributed by atoms with van der Waals surface area (Å²) in [6.07, 6.45) is 1.68.